The third-order valence-electron chi connectivity index (χ3n) is 3.30. The second-order valence-corrected chi connectivity index (χ2v) is 4.56. The molecular weight excluding hydrogens is 190 g/mol. The summed E-state index contributed by atoms with van der Waals surface area (Å²) in [6, 6.07) is 0.694. The SMILES string of the molecule is c1nnc(CCC2CCCO2)n1C1CC1. The zero-order chi connectivity index (χ0) is 10.1. The van der Waals surface area contributed by atoms with Gasteiger partial charge in [-0.25, -0.2) is 0 Å². The summed E-state index contributed by atoms with van der Waals surface area (Å²) in [7, 11) is 0. The summed E-state index contributed by atoms with van der Waals surface area (Å²) in [5.41, 5.74) is 0. The van der Waals surface area contributed by atoms with Crippen molar-refractivity contribution in [2.24, 2.45) is 0 Å². The fourth-order valence-electron chi connectivity index (χ4n) is 2.27. The van der Waals surface area contributed by atoms with Crippen LogP contribution >= 0.6 is 0 Å². The van der Waals surface area contributed by atoms with E-state index in [1.807, 2.05) is 6.33 Å². The van der Waals surface area contributed by atoms with Crippen molar-refractivity contribution >= 4 is 0 Å². The molecule has 1 saturated carbocycles. The fraction of sp³-hybridized carbons (Fsp3) is 0.818. The van der Waals surface area contributed by atoms with Crippen molar-refractivity contribution in [3.63, 3.8) is 0 Å². The quantitative estimate of drug-likeness (QED) is 0.754. The van der Waals surface area contributed by atoms with Gasteiger partial charge < -0.3 is 9.30 Å². The standard InChI is InChI=1S/C11H17N3O/c1-2-10(15-7-1)5-6-11-13-12-8-14(11)9-3-4-9/h8-10H,1-7H2. The smallest absolute Gasteiger partial charge is 0.133 e. The Labute approximate surface area is 89.6 Å². The zero-order valence-corrected chi connectivity index (χ0v) is 8.93. The summed E-state index contributed by atoms with van der Waals surface area (Å²) in [6.07, 6.45) is 9.50. The van der Waals surface area contributed by atoms with Crippen LogP contribution in [0, 0.1) is 0 Å². The Morgan fingerprint density at radius 2 is 2.33 bits per heavy atom. The lowest BCUT2D eigenvalue weighted by Crippen LogP contribution is -2.09. The zero-order valence-electron chi connectivity index (χ0n) is 8.93. The molecular formula is C11H17N3O. The second-order valence-electron chi connectivity index (χ2n) is 4.56. The highest BCUT2D eigenvalue weighted by molar-refractivity contribution is 4.95. The Balaban J connectivity index is 1.58. The van der Waals surface area contributed by atoms with Crippen molar-refractivity contribution in [1.82, 2.24) is 14.8 Å². The van der Waals surface area contributed by atoms with E-state index in [1.165, 1.54) is 25.7 Å². The van der Waals surface area contributed by atoms with E-state index in [9.17, 15) is 0 Å². The maximum absolute atomic E-state index is 5.61. The third-order valence-corrected chi connectivity index (χ3v) is 3.30. The van der Waals surface area contributed by atoms with Gasteiger partial charge in [-0.05, 0) is 32.1 Å². The van der Waals surface area contributed by atoms with Crippen LogP contribution in [0.1, 0.15) is 44.0 Å². The molecule has 1 atom stereocenters. The van der Waals surface area contributed by atoms with Crippen molar-refractivity contribution in [2.45, 2.75) is 50.7 Å². The predicted molar refractivity (Wildman–Crippen MR) is 55.6 cm³/mol. The number of hydrogen-bond acceptors (Lipinski definition) is 3. The van der Waals surface area contributed by atoms with Gasteiger partial charge in [0.05, 0.1) is 6.10 Å². The van der Waals surface area contributed by atoms with Gasteiger partial charge in [-0.2, -0.15) is 0 Å². The van der Waals surface area contributed by atoms with Crippen LogP contribution in [-0.2, 0) is 11.2 Å². The number of hydrogen-bond donors (Lipinski definition) is 0. The van der Waals surface area contributed by atoms with Crippen LogP contribution in [0.5, 0.6) is 0 Å². The van der Waals surface area contributed by atoms with Gasteiger partial charge in [0.1, 0.15) is 12.2 Å². The minimum absolute atomic E-state index is 0.467. The first-order chi connectivity index (χ1) is 7.43. The van der Waals surface area contributed by atoms with E-state index >= 15 is 0 Å². The maximum atomic E-state index is 5.61. The Kier molecular flexibility index (Phi) is 2.44. The van der Waals surface area contributed by atoms with E-state index < -0.39 is 0 Å². The molecule has 4 nitrogen and oxygen atoms in total. The Hall–Kier alpha value is -0.900. The molecule has 15 heavy (non-hydrogen) atoms. The molecule has 0 aromatic carbocycles. The van der Waals surface area contributed by atoms with Crippen molar-refractivity contribution in [2.75, 3.05) is 6.61 Å². The van der Waals surface area contributed by atoms with Gasteiger partial charge in [-0.3, -0.25) is 0 Å². The predicted octanol–water partition coefficient (Wildman–Crippen LogP) is 1.72. The van der Waals surface area contributed by atoms with Gasteiger partial charge in [0.2, 0.25) is 0 Å². The lowest BCUT2D eigenvalue weighted by molar-refractivity contribution is 0.104. The lowest BCUT2D eigenvalue weighted by Gasteiger charge is -2.09. The van der Waals surface area contributed by atoms with Crippen LogP contribution in [-0.4, -0.2) is 27.5 Å². The van der Waals surface area contributed by atoms with Crippen molar-refractivity contribution in [1.29, 1.82) is 0 Å². The summed E-state index contributed by atoms with van der Waals surface area (Å²) < 4.78 is 7.85. The molecule has 0 amide bonds. The van der Waals surface area contributed by atoms with Gasteiger partial charge in [-0.15, -0.1) is 10.2 Å². The Morgan fingerprint density at radius 3 is 3.07 bits per heavy atom. The van der Waals surface area contributed by atoms with Crippen molar-refractivity contribution in [3.8, 4) is 0 Å². The van der Waals surface area contributed by atoms with Crippen LogP contribution in [0.25, 0.3) is 0 Å². The van der Waals surface area contributed by atoms with E-state index in [2.05, 4.69) is 14.8 Å². The molecule has 1 aliphatic carbocycles. The molecule has 3 rings (SSSR count). The molecule has 2 fully saturated rings. The Bertz CT molecular complexity index is 326. The lowest BCUT2D eigenvalue weighted by atomic mass is 10.1. The average molecular weight is 207 g/mol. The minimum Gasteiger partial charge on any atom is -0.378 e. The van der Waals surface area contributed by atoms with Gasteiger partial charge in [0, 0.05) is 19.1 Å². The number of rotatable bonds is 4. The number of ether oxygens (including phenoxy) is 1. The highest BCUT2D eigenvalue weighted by Crippen LogP contribution is 2.35. The summed E-state index contributed by atoms with van der Waals surface area (Å²) in [4.78, 5) is 0. The van der Waals surface area contributed by atoms with Gasteiger partial charge in [0.25, 0.3) is 0 Å². The number of nitrogens with zero attached hydrogens (tertiary/aromatic N) is 3. The van der Waals surface area contributed by atoms with Crippen LogP contribution in [0.3, 0.4) is 0 Å². The summed E-state index contributed by atoms with van der Waals surface area (Å²) in [5, 5.41) is 8.20. The van der Waals surface area contributed by atoms with Gasteiger partial charge in [-0.1, -0.05) is 0 Å². The van der Waals surface area contributed by atoms with Crippen LogP contribution < -0.4 is 0 Å². The number of aryl methyl sites for hydroxylation is 1. The molecule has 2 heterocycles. The largest absolute Gasteiger partial charge is 0.378 e. The van der Waals surface area contributed by atoms with Gasteiger partial charge in [0.15, 0.2) is 0 Å². The maximum Gasteiger partial charge on any atom is 0.133 e. The third kappa shape index (κ3) is 2.04. The molecule has 0 spiro atoms. The summed E-state index contributed by atoms with van der Waals surface area (Å²) in [6.45, 7) is 0.944. The van der Waals surface area contributed by atoms with Crippen LogP contribution in [0.2, 0.25) is 0 Å². The van der Waals surface area contributed by atoms with Crippen molar-refractivity contribution in [3.05, 3.63) is 12.2 Å². The molecule has 1 aliphatic heterocycles. The molecule has 0 N–H and O–H groups in total. The molecule has 0 radical (unpaired) electrons. The van der Waals surface area contributed by atoms with Gasteiger partial charge >= 0.3 is 0 Å². The molecule has 4 heteroatoms. The number of aromatic nitrogens is 3. The molecule has 1 aromatic rings. The molecule has 1 aromatic heterocycles. The van der Waals surface area contributed by atoms with E-state index in [0.717, 1.165) is 25.3 Å². The molecule has 0 bridgehead atoms. The van der Waals surface area contributed by atoms with E-state index in [4.69, 9.17) is 4.74 Å². The first-order valence-corrected chi connectivity index (χ1v) is 5.93. The molecule has 1 saturated heterocycles. The fourth-order valence-corrected chi connectivity index (χ4v) is 2.27. The van der Waals surface area contributed by atoms with Crippen LogP contribution in [0.4, 0.5) is 0 Å². The van der Waals surface area contributed by atoms with E-state index in [-0.39, 0.29) is 0 Å². The van der Waals surface area contributed by atoms with Crippen molar-refractivity contribution < 1.29 is 4.74 Å². The molecule has 2 aliphatic rings. The minimum atomic E-state index is 0.467. The highest BCUT2D eigenvalue weighted by Gasteiger charge is 2.26. The normalized spacial score (nSPS) is 26.0. The first-order valence-electron chi connectivity index (χ1n) is 5.93. The van der Waals surface area contributed by atoms with E-state index in [0.29, 0.717) is 12.1 Å². The summed E-state index contributed by atoms with van der Waals surface area (Å²) in [5.74, 6) is 1.15. The Morgan fingerprint density at radius 1 is 1.40 bits per heavy atom. The monoisotopic (exact) mass is 207 g/mol. The average Bonchev–Trinajstić information content (AvgIpc) is 2.81. The topological polar surface area (TPSA) is 39.9 Å². The molecule has 1 unspecified atom stereocenters. The first kappa shape index (κ1) is 9.33. The summed E-state index contributed by atoms with van der Waals surface area (Å²) >= 11 is 0. The van der Waals surface area contributed by atoms with Crippen LogP contribution in [0.15, 0.2) is 6.33 Å². The molecule has 82 valence electrons. The highest BCUT2D eigenvalue weighted by atomic mass is 16.5. The second kappa shape index (κ2) is 3.93. The van der Waals surface area contributed by atoms with E-state index in [1.54, 1.807) is 0 Å².